The van der Waals surface area contributed by atoms with E-state index >= 15 is 0 Å². The number of nitrogens with zero attached hydrogens (tertiary/aromatic N) is 1. The van der Waals surface area contributed by atoms with Crippen molar-refractivity contribution in [1.82, 2.24) is 0 Å². The van der Waals surface area contributed by atoms with Gasteiger partial charge in [-0.25, -0.2) is 0 Å². The molecule has 3 aliphatic heterocycles. The van der Waals surface area contributed by atoms with Crippen molar-refractivity contribution in [3.8, 4) is 11.1 Å². The fourth-order valence-electron chi connectivity index (χ4n) is 6.24. The van der Waals surface area contributed by atoms with Gasteiger partial charge in [0.1, 0.15) is 35.8 Å². The van der Waals surface area contributed by atoms with Crippen LogP contribution in [0.2, 0.25) is 0 Å². The van der Waals surface area contributed by atoms with E-state index in [1.165, 1.54) is 0 Å². The maximum absolute atomic E-state index is 13.6. The zero-order chi connectivity index (χ0) is 19.3. The number of quaternary nitrogens is 1. The van der Waals surface area contributed by atoms with Gasteiger partial charge in [0.05, 0.1) is 14.1 Å². The van der Waals surface area contributed by atoms with Crippen LogP contribution < -0.4 is 0 Å². The molecule has 5 atom stereocenters. The molecule has 6 rings (SSSR count). The molecule has 28 heavy (non-hydrogen) atoms. The standard InChI is InChI=1S/C24H26NO3/c1-24(17-10-6-4-8-15(17)16-9-5-7-11-18(16)24)23(26)27-14-12-19-21-22(28-21)20(13-14)25(19,2)3/h4-11,14,19-22H,12-13H2,1-3H3/q+1/t14?,19-,20?,21-,22?/m0/s1. The average Bonchev–Trinajstić information content (AvgIpc) is 3.40. The second kappa shape index (κ2) is 5.25. The van der Waals surface area contributed by atoms with E-state index in [1.807, 2.05) is 31.2 Å². The number of morpholine rings is 1. The van der Waals surface area contributed by atoms with Crippen LogP contribution >= 0.6 is 0 Å². The summed E-state index contributed by atoms with van der Waals surface area (Å²) in [5, 5.41) is 0. The molecule has 0 aromatic heterocycles. The SMILES string of the molecule is CC1(C(=O)OC2CC3C4O[C@H]4[C@H](C2)[N+]3(C)C)c2ccccc2-c2ccccc21. The Bertz CT molecular complexity index is 931. The molecular weight excluding hydrogens is 350 g/mol. The number of ether oxygens (including phenoxy) is 2. The highest BCUT2D eigenvalue weighted by Gasteiger charge is 2.71. The van der Waals surface area contributed by atoms with Crippen molar-refractivity contribution in [2.75, 3.05) is 14.1 Å². The lowest BCUT2D eigenvalue weighted by atomic mass is 9.80. The minimum absolute atomic E-state index is 0.0122. The van der Waals surface area contributed by atoms with Crippen molar-refractivity contribution in [2.24, 2.45) is 0 Å². The number of epoxide rings is 1. The first kappa shape index (κ1) is 16.8. The molecule has 1 aliphatic carbocycles. The lowest BCUT2D eigenvalue weighted by Crippen LogP contribution is -2.60. The zero-order valence-corrected chi connectivity index (χ0v) is 16.6. The summed E-state index contributed by atoms with van der Waals surface area (Å²) in [4.78, 5) is 13.6. The summed E-state index contributed by atoms with van der Waals surface area (Å²) in [7, 11) is 4.60. The number of rotatable bonds is 2. The second-order valence-electron chi connectivity index (χ2n) is 9.54. The molecule has 4 aliphatic rings. The van der Waals surface area contributed by atoms with E-state index in [4.69, 9.17) is 9.47 Å². The van der Waals surface area contributed by atoms with E-state index < -0.39 is 5.41 Å². The highest BCUT2D eigenvalue weighted by molar-refractivity contribution is 5.97. The van der Waals surface area contributed by atoms with Crippen molar-refractivity contribution in [3.63, 3.8) is 0 Å². The summed E-state index contributed by atoms with van der Waals surface area (Å²) in [5.74, 6) is -0.115. The summed E-state index contributed by atoms with van der Waals surface area (Å²) >= 11 is 0. The Hall–Kier alpha value is -2.17. The van der Waals surface area contributed by atoms with Crippen LogP contribution in [0.5, 0.6) is 0 Å². The third-order valence-electron chi connectivity index (χ3n) is 7.94. The van der Waals surface area contributed by atoms with Crippen LogP contribution in [-0.4, -0.2) is 54.9 Å². The van der Waals surface area contributed by atoms with Gasteiger partial charge in [-0.05, 0) is 29.2 Å². The molecule has 0 radical (unpaired) electrons. The Morgan fingerprint density at radius 1 is 0.964 bits per heavy atom. The smallest absolute Gasteiger partial charge is 0.321 e. The van der Waals surface area contributed by atoms with Crippen LogP contribution in [0.4, 0.5) is 0 Å². The Balaban J connectivity index is 1.33. The van der Waals surface area contributed by atoms with E-state index in [0.717, 1.165) is 39.6 Å². The van der Waals surface area contributed by atoms with Gasteiger partial charge in [0.25, 0.3) is 0 Å². The number of carbonyl (C=O) groups is 1. The molecule has 144 valence electrons. The molecule has 0 N–H and O–H groups in total. The second-order valence-corrected chi connectivity index (χ2v) is 9.54. The molecule has 2 aromatic rings. The van der Waals surface area contributed by atoms with Gasteiger partial charge >= 0.3 is 5.97 Å². The predicted molar refractivity (Wildman–Crippen MR) is 106 cm³/mol. The van der Waals surface area contributed by atoms with Crippen LogP contribution in [0, 0.1) is 0 Å². The first-order valence-electron chi connectivity index (χ1n) is 10.3. The lowest BCUT2D eigenvalue weighted by molar-refractivity contribution is -0.938. The summed E-state index contributed by atoms with van der Waals surface area (Å²) in [6.45, 7) is 2.03. The first-order chi connectivity index (χ1) is 13.4. The lowest BCUT2D eigenvalue weighted by Gasteiger charge is -2.45. The van der Waals surface area contributed by atoms with Gasteiger partial charge in [-0.2, -0.15) is 0 Å². The van der Waals surface area contributed by atoms with E-state index in [0.29, 0.717) is 24.3 Å². The normalized spacial score (nSPS) is 34.9. The van der Waals surface area contributed by atoms with E-state index in [1.54, 1.807) is 0 Å². The highest BCUT2D eigenvalue weighted by atomic mass is 16.6. The van der Waals surface area contributed by atoms with Crippen molar-refractivity contribution < 1.29 is 18.8 Å². The highest BCUT2D eigenvalue weighted by Crippen LogP contribution is 2.53. The summed E-state index contributed by atoms with van der Waals surface area (Å²) in [5.41, 5.74) is 3.67. The molecule has 3 fully saturated rings. The number of piperidine rings is 1. The molecule has 3 unspecified atom stereocenters. The van der Waals surface area contributed by atoms with Gasteiger partial charge < -0.3 is 14.0 Å². The molecule has 3 saturated heterocycles. The van der Waals surface area contributed by atoms with E-state index in [9.17, 15) is 4.79 Å². The van der Waals surface area contributed by atoms with E-state index in [-0.39, 0.29) is 12.1 Å². The van der Waals surface area contributed by atoms with Gasteiger partial charge in [0.15, 0.2) is 0 Å². The Morgan fingerprint density at radius 2 is 1.46 bits per heavy atom. The maximum atomic E-state index is 13.6. The topological polar surface area (TPSA) is 38.8 Å². The van der Waals surface area contributed by atoms with Gasteiger partial charge in [0.2, 0.25) is 0 Å². The van der Waals surface area contributed by atoms with E-state index in [2.05, 4.69) is 38.4 Å². The number of hydrogen-bond donors (Lipinski definition) is 0. The number of esters is 1. The molecule has 4 nitrogen and oxygen atoms in total. The Morgan fingerprint density at radius 3 is 2.00 bits per heavy atom. The van der Waals surface area contributed by atoms with Gasteiger partial charge in [0, 0.05) is 12.8 Å². The quantitative estimate of drug-likeness (QED) is 0.459. The predicted octanol–water partition coefficient (Wildman–Crippen LogP) is 3.27. The number of fused-ring (bicyclic) bond motifs is 8. The van der Waals surface area contributed by atoms with Crippen molar-refractivity contribution in [1.29, 1.82) is 0 Å². The van der Waals surface area contributed by atoms with Crippen LogP contribution in [0.25, 0.3) is 11.1 Å². The third kappa shape index (κ3) is 1.95. The monoisotopic (exact) mass is 376 g/mol. The molecule has 2 aromatic carbocycles. The Kier molecular flexibility index (Phi) is 3.14. The zero-order valence-electron chi connectivity index (χ0n) is 16.6. The first-order valence-corrected chi connectivity index (χ1v) is 10.3. The van der Waals surface area contributed by atoms with Gasteiger partial charge in [-0.1, -0.05) is 48.5 Å². The van der Waals surface area contributed by atoms with Crippen molar-refractivity contribution >= 4 is 5.97 Å². The molecular formula is C24H26NO3+. The molecule has 2 bridgehead atoms. The number of likely N-dealkylation sites (N-methyl/N-ethyl adjacent to an activating group) is 1. The largest absolute Gasteiger partial charge is 0.461 e. The van der Waals surface area contributed by atoms with Crippen molar-refractivity contribution in [2.45, 2.75) is 55.6 Å². The van der Waals surface area contributed by atoms with Gasteiger partial charge in [-0.3, -0.25) is 4.79 Å². The number of hydrogen-bond acceptors (Lipinski definition) is 3. The molecule has 3 heterocycles. The molecule has 0 spiro atoms. The van der Waals surface area contributed by atoms with Gasteiger partial charge in [-0.15, -0.1) is 0 Å². The van der Waals surface area contributed by atoms with Crippen LogP contribution in [0.1, 0.15) is 30.9 Å². The average molecular weight is 376 g/mol. The fraction of sp³-hybridized carbons (Fsp3) is 0.458. The molecule has 0 saturated carbocycles. The summed E-state index contributed by atoms with van der Waals surface area (Å²) < 4.78 is 13.1. The minimum Gasteiger partial charge on any atom is -0.461 e. The van der Waals surface area contributed by atoms with Crippen molar-refractivity contribution in [3.05, 3.63) is 59.7 Å². The third-order valence-corrected chi connectivity index (χ3v) is 7.94. The van der Waals surface area contributed by atoms with Crippen LogP contribution in [-0.2, 0) is 19.7 Å². The Labute approximate surface area is 165 Å². The summed E-state index contributed by atoms with van der Waals surface area (Å²) in [6, 6.07) is 17.4. The van der Waals surface area contributed by atoms with Crippen LogP contribution in [0.3, 0.4) is 0 Å². The summed E-state index contributed by atoms with van der Waals surface area (Å²) in [6.07, 6.45) is 2.52. The number of benzene rings is 2. The maximum Gasteiger partial charge on any atom is 0.321 e. The molecule has 0 amide bonds. The number of carbonyl (C=O) groups excluding carboxylic acids is 1. The fourth-order valence-corrected chi connectivity index (χ4v) is 6.24. The minimum atomic E-state index is -0.743. The van der Waals surface area contributed by atoms with Crippen LogP contribution in [0.15, 0.2) is 48.5 Å². The molecule has 4 heteroatoms.